The number of aromatic nitrogens is 2. The van der Waals surface area contributed by atoms with Crippen molar-refractivity contribution in [2.45, 2.75) is 82.8 Å². The summed E-state index contributed by atoms with van der Waals surface area (Å²) in [4.78, 5) is 24.4. The zero-order valence-electron chi connectivity index (χ0n) is 18.3. The molecule has 4 rings (SSSR count). The number of hydrogen-bond donors (Lipinski definition) is 2. The van der Waals surface area contributed by atoms with Crippen LogP contribution < -0.4 is 10.6 Å². The fourth-order valence-corrected chi connectivity index (χ4v) is 5.22. The summed E-state index contributed by atoms with van der Waals surface area (Å²) >= 11 is 0. The normalized spacial score (nSPS) is 27.4. The van der Waals surface area contributed by atoms with Gasteiger partial charge in [0.05, 0.1) is 5.92 Å². The van der Waals surface area contributed by atoms with Gasteiger partial charge in [0.1, 0.15) is 11.6 Å². The molecule has 166 valence electrons. The molecular weight excluding hydrogens is 378 g/mol. The lowest BCUT2D eigenvalue weighted by molar-refractivity contribution is -0.126. The summed E-state index contributed by atoms with van der Waals surface area (Å²) in [5.74, 6) is 1.98. The Kier molecular flexibility index (Phi) is 7.55. The van der Waals surface area contributed by atoms with E-state index in [1.807, 2.05) is 13.0 Å². The molecule has 1 aromatic rings. The molecule has 30 heavy (non-hydrogen) atoms. The van der Waals surface area contributed by atoms with Gasteiger partial charge in [0.15, 0.2) is 0 Å². The molecule has 0 bridgehead atoms. The molecule has 1 saturated carbocycles. The Morgan fingerprint density at radius 1 is 1.03 bits per heavy atom. The molecule has 1 aromatic heterocycles. The fraction of sp³-hybridized carbons (Fsp3) is 0.783. The lowest BCUT2D eigenvalue weighted by atomic mass is 9.94. The lowest BCUT2D eigenvalue weighted by Crippen LogP contribution is -2.48. The van der Waals surface area contributed by atoms with Crippen molar-refractivity contribution in [2.24, 2.45) is 5.92 Å². The molecule has 2 N–H and O–H groups in total. The van der Waals surface area contributed by atoms with Crippen molar-refractivity contribution in [2.75, 3.05) is 31.6 Å². The first-order valence-corrected chi connectivity index (χ1v) is 11.9. The number of ether oxygens (including phenoxy) is 1. The first-order valence-electron chi connectivity index (χ1n) is 11.9. The van der Waals surface area contributed by atoms with Gasteiger partial charge in [-0.1, -0.05) is 19.3 Å². The Hall–Kier alpha value is -1.73. The number of nitrogens with zero attached hydrogens (tertiary/aromatic N) is 3. The maximum atomic E-state index is 13.2. The number of hydrogen-bond acceptors (Lipinski definition) is 6. The van der Waals surface area contributed by atoms with E-state index in [-0.39, 0.29) is 17.9 Å². The second-order valence-corrected chi connectivity index (χ2v) is 9.25. The van der Waals surface area contributed by atoms with Gasteiger partial charge in [-0.15, -0.1) is 0 Å². The third kappa shape index (κ3) is 5.91. The monoisotopic (exact) mass is 415 g/mol. The van der Waals surface area contributed by atoms with E-state index < -0.39 is 0 Å². The van der Waals surface area contributed by atoms with Gasteiger partial charge >= 0.3 is 0 Å². The third-order valence-corrected chi connectivity index (χ3v) is 6.93. The zero-order chi connectivity index (χ0) is 20.8. The van der Waals surface area contributed by atoms with Crippen LogP contribution in [0.25, 0.3) is 0 Å². The molecule has 0 aromatic carbocycles. The van der Waals surface area contributed by atoms with Gasteiger partial charge in [0.25, 0.3) is 0 Å². The molecule has 0 radical (unpaired) electrons. The third-order valence-electron chi connectivity index (χ3n) is 6.93. The van der Waals surface area contributed by atoms with Crippen LogP contribution in [0.2, 0.25) is 0 Å². The Balaban J connectivity index is 1.43. The van der Waals surface area contributed by atoms with Crippen molar-refractivity contribution in [3.05, 3.63) is 18.1 Å². The van der Waals surface area contributed by atoms with E-state index in [0.29, 0.717) is 12.1 Å². The van der Waals surface area contributed by atoms with Gasteiger partial charge in [-0.3, -0.25) is 9.69 Å². The molecule has 7 nitrogen and oxygen atoms in total. The van der Waals surface area contributed by atoms with E-state index >= 15 is 0 Å². The summed E-state index contributed by atoms with van der Waals surface area (Å²) in [7, 11) is 0. The number of rotatable bonds is 5. The number of carbonyl (C=O) groups excluding carboxylic acids is 1. The Morgan fingerprint density at radius 2 is 1.83 bits per heavy atom. The van der Waals surface area contributed by atoms with E-state index in [0.717, 1.165) is 76.5 Å². The molecule has 2 saturated heterocycles. The Morgan fingerprint density at radius 3 is 2.60 bits per heavy atom. The largest absolute Gasteiger partial charge is 0.381 e. The smallest absolute Gasteiger partial charge is 0.224 e. The average Bonchev–Trinajstić information content (AvgIpc) is 2.98. The highest BCUT2D eigenvalue weighted by Gasteiger charge is 2.33. The predicted octanol–water partition coefficient (Wildman–Crippen LogP) is 2.91. The molecule has 3 fully saturated rings. The van der Waals surface area contributed by atoms with Crippen LogP contribution in [0.3, 0.4) is 0 Å². The van der Waals surface area contributed by atoms with Crippen LogP contribution in [-0.2, 0) is 9.53 Å². The van der Waals surface area contributed by atoms with Crippen molar-refractivity contribution in [3.63, 3.8) is 0 Å². The van der Waals surface area contributed by atoms with Crippen LogP contribution >= 0.6 is 0 Å². The maximum absolute atomic E-state index is 13.2. The molecular formula is C23H37N5O2. The summed E-state index contributed by atoms with van der Waals surface area (Å²) in [6, 6.07) is 3.10. The Labute approximate surface area is 180 Å². The minimum Gasteiger partial charge on any atom is -0.381 e. The van der Waals surface area contributed by atoms with Crippen molar-refractivity contribution in [1.82, 2.24) is 20.2 Å². The van der Waals surface area contributed by atoms with E-state index in [2.05, 4.69) is 25.5 Å². The van der Waals surface area contributed by atoms with Gasteiger partial charge in [-0.05, 0) is 51.5 Å². The first kappa shape index (κ1) is 21.5. The standard InChI is InChI=1S/C23H37N5O2/c1-17-24-12-9-22(25-17)26-20-8-7-18(23(29)27-19-5-3-2-4-6-19)15-28(16-20)21-10-13-30-14-11-21/h9,12,18-21H,2-8,10-11,13-16H2,1H3,(H,27,29)(H,24,25,26)/t18-,20+/m1/s1. The number of carbonyl (C=O) groups is 1. The topological polar surface area (TPSA) is 79.4 Å². The minimum atomic E-state index is 0.0636. The number of amides is 1. The van der Waals surface area contributed by atoms with Crippen molar-refractivity contribution in [3.8, 4) is 0 Å². The van der Waals surface area contributed by atoms with E-state index in [1.54, 1.807) is 6.20 Å². The molecule has 0 unspecified atom stereocenters. The highest BCUT2D eigenvalue weighted by atomic mass is 16.5. The molecule has 1 amide bonds. The number of nitrogens with one attached hydrogen (secondary N) is 2. The second-order valence-electron chi connectivity index (χ2n) is 9.25. The van der Waals surface area contributed by atoms with Crippen molar-refractivity contribution < 1.29 is 9.53 Å². The van der Waals surface area contributed by atoms with Crippen molar-refractivity contribution in [1.29, 1.82) is 0 Å². The van der Waals surface area contributed by atoms with Crippen molar-refractivity contribution >= 4 is 11.7 Å². The first-order chi connectivity index (χ1) is 14.7. The zero-order valence-corrected chi connectivity index (χ0v) is 18.3. The summed E-state index contributed by atoms with van der Waals surface area (Å²) < 4.78 is 5.59. The quantitative estimate of drug-likeness (QED) is 0.770. The summed E-state index contributed by atoms with van der Waals surface area (Å²) in [5.41, 5.74) is 0. The number of likely N-dealkylation sites (tertiary alicyclic amines) is 1. The van der Waals surface area contributed by atoms with E-state index in [4.69, 9.17) is 4.74 Å². The summed E-state index contributed by atoms with van der Waals surface area (Å²) in [6.07, 6.45) is 11.9. The van der Waals surface area contributed by atoms with Crippen LogP contribution in [0.4, 0.5) is 5.82 Å². The Bertz CT molecular complexity index is 688. The molecule has 2 aliphatic heterocycles. The van der Waals surface area contributed by atoms with E-state index in [9.17, 15) is 4.79 Å². The number of anilines is 1. The minimum absolute atomic E-state index is 0.0636. The molecule has 0 spiro atoms. The van der Waals surface area contributed by atoms with Gasteiger partial charge in [0.2, 0.25) is 5.91 Å². The van der Waals surface area contributed by atoms with Crippen LogP contribution in [-0.4, -0.2) is 65.2 Å². The van der Waals surface area contributed by atoms with Crippen LogP contribution in [0, 0.1) is 12.8 Å². The van der Waals surface area contributed by atoms with Gasteiger partial charge in [-0.2, -0.15) is 0 Å². The summed E-state index contributed by atoms with van der Waals surface area (Å²) in [6.45, 7) is 5.36. The summed E-state index contributed by atoms with van der Waals surface area (Å²) in [5, 5.41) is 7.00. The van der Waals surface area contributed by atoms with Crippen LogP contribution in [0.5, 0.6) is 0 Å². The number of aryl methyl sites for hydroxylation is 1. The lowest BCUT2D eigenvalue weighted by Gasteiger charge is -2.36. The molecule has 1 aliphatic carbocycles. The molecule has 3 aliphatic rings. The molecule has 7 heteroatoms. The SMILES string of the molecule is Cc1nccc(N[C@H]2CC[C@@H](C(=O)NC3CCCCC3)CN(C3CCOCC3)C2)n1. The predicted molar refractivity (Wildman–Crippen MR) is 117 cm³/mol. The van der Waals surface area contributed by atoms with Crippen LogP contribution in [0.1, 0.15) is 63.6 Å². The van der Waals surface area contributed by atoms with Gasteiger partial charge in [-0.25, -0.2) is 9.97 Å². The van der Waals surface area contributed by atoms with Gasteiger partial charge in [0, 0.05) is 50.6 Å². The molecule has 2 atom stereocenters. The molecule has 3 heterocycles. The maximum Gasteiger partial charge on any atom is 0.224 e. The van der Waals surface area contributed by atoms with Crippen LogP contribution in [0.15, 0.2) is 12.3 Å². The second kappa shape index (κ2) is 10.5. The highest BCUT2D eigenvalue weighted by molar-refractivity contribution is 5.79. The highest BCUT2D eigenvalue weighted by Crippen LogP contribution is 2.25. The van der Waals surface area contributed by atoms with Gasteiger partial charge < -0.3 is 15.4 Å². The van der Waals surface area contributed by atoms with E-state index in [1.165, 1.54) is 19.3 Å². The average molecular weight is 416 g/mol. The fourth-order valence-electron chi connectivity index (χ4n) is 5.22.